The molecule has 0 unspecified atom stereocenters. The van der Waals surface area contributed by atoms with Crippen molar-refractivity contribution in [2.45, 2.75) is 19.3 Å². The van der Waals surface area contributed by atoms with Gasteiger partial charge in [0.25, 0.3) is 0 Å². The van der Waals surface area contributed by atoms with Gasteiger partial charge in [-0.1, -0.05) is 30.3 Å². The molecule has 2 aromatic rings. The van der Waals surface area contributed by atoms with Crippen LogP contribution in [0.5, 0.6) is 0 Å². The Morgan fingerprint density at radius 1 is 1.23 bits per heavy atom. The molecule has 0 saturated carbocycles. The highest BCUT2D eigenvalue weighted by molar-refractivity contribution is 5.77. The molecule has 0 saturated heterocycles. The summed E-state index contributed by atoms with van der Waals surface area (Å²) in [6.07, 6.45) is 2.49. The standard InChI is InChI=1S/C16H18N2O4/c1-21-16(20)9-10-17-14(19)7-8-15-18-11-13(22-15)12-5-3-2-4-6-12/h2-6,11H,7-10H2,1H3,(H,17,19). The molecular formula is C16H18N2O4. The largest absolute Gasteiger partial charge is 0.469 e. The van der Waals surface area contributed by atoms with Gasteiger partial charge in [0.1, 0.15) is 0 Å². The van der Waals surface area contributed by atoms with Gasteiger partial charge < -0.3 is 14.5 Å². The molecule has 1 N–H and O–H groups in total. The predicted molar refractivity (Wildman–Crippen MR) is 79.9 cm³/mol. The molecule has 6 nitrogen and oxygen atoms in total. The third kappa shape index (κ3) is 4.73. The van der Waals surface area contributed by atoms with Crippen molar-refractivity contribution >= 4 is 11.9 Å². The number of carbonyl (C=O) groups is 2. The molecule has 1 heterocycles. The van der Waals surface area contributed by atoms with E-state index in [4.69, 9.17) is 4.42 Å². The highest BCUT2D eigenvalue weighted by Gasteiger charge is 2.09. The summed E-state index contributed by atoms with van der Waals surface area (Å²) in [6, 6.07) is 9.64. The van der Waals surface area contributed by atoms with Gasteiger partial charge in [-0.25, -0.2) is 4.98 Å². The van der Waals surface area contributed by atoms with Gasteiger partial charge >= 0.3 is 5.97 Å². The van der Waals surface area contributed by atoms with Crippen LogP contribution in [0.1, 0.15) is 18.7 Å². The van der Waals surface area contributed by atoms with Crippen LogP contribution in [-0.4, -0.2) is 30.5 Å². The van der Waals surface area contributed by atoms with E-state index in [1.165, 1.54) is 7.11 Å². The predicted octanol–water partition coefficient (Wildman–Crippen LogP) is 1.95. The van der Waals surface area contributed by atoms with Crippen LogP contribution in [-0.2, 0) is 20.7 Å². The summed E-state index contributed by atoms with van der Waals surface area (Å²) in [7, 11) is 1.32. The minimum Gasteiger partial charge on any atom is -0.469 e. The fraction of sp³-hybridized carbons (Fsp3) is 0.312. The van der Waals surface area contributed by atoms with Crippen LogP contribution in [0.25, 0.3) is 11.3 Å². The third-order valence-electron chi connectivity index (χ3n) is 3.06. The Bertz CT molecular complexity index is 622. The number of nitrogens with one attached hydrogen (secondary N) is 1. The number of hydrogen-bond acceptors (Lipinski definition) is 5. The van der Waals surface area contributed by atoms with Crippen LogP contribution in [0, 0.1) is 0 Å². The SMILES string of the molecule is COC(=O)CCNC(=O)CCc1ncc(-c2ccccc2)o1. The van der Waals surface area contributed by atoms with E-state index >= 15 is 0 Å². The van der Waals surface area contributed by atoms with Crippen molar-refractivity contribution in [2.24, 2.45) is 0 Å². The average Bonchev–Trinajstić information content (AvgIpc) is 3.02. The van der Waals surface area contributed by atoms with E-state index in [0.717, 1.165) is 5.56 Å². The number of esters is 1. The lowest BCUT2D eigenvalue weighted by Gasteiger charge is -2.03. The summed E-state index contributed by atoms with van der Waals surface area (Å²) in [5, 5.41) is 2.65. The normalized spacial score (nSPS) is 10.2. The van der Waals surface area contributed by atoms with Gasteiger partial charge in [0.2, 0.25) is 5.91 Å². The van der Waals surface area contributed by atoms with Crippen LogP contribution < -0.4 is 5.32 Å². The zero-order chi connectivity index (χ0) is 15.8. The van der Waals surface area contributed by atoms with E-state index in [9.17, 15) is 9.59 Å². The topological polar surface area (TPSA) is 81.4 Å². The highest BCUT2D eigenvalue weighted by Crippen LogP contribution is 2.20. The van der Waals surface area contributed by atoms with E-state index < -0.39 is 0 Å². The monoisotopic (exact) mass is 302 g/mol. The molecule has 0 aliphatic rings. The van der Waals surface area contributed by atoms with Crippen molar-refractivity contribution in [3.8, 4) is 11.3 Å². The van der Waals surface area contributed by atoms with Gasteiger partial charge in [0.05, 0.1) is 19.7 Å². The Morgan fingerprint density at radius 3 is 2.73 bits per heavy atom. The lowest BCUT2D eigenvalue weighted by atomic mass is 10.2. The number of ether oxygens (including phenoxy) is 1. The molecule has 0 fully saturated rings. The Hall–Kier alpha value is -2.63. The molecule has 0 aliphatic carbocycles. The summed E-state index contributed by atoms with van der Waals surface area (Å²) in [5.41, 5.74) is 0.948. The summed E-state index contributed by atoms with van der Waals surface area (Å²) in [6.45, 7) is 0.270. The number of benzene rings is 1. The zero-order valence-corrected chi connectivity index (χ0v) is 12.4. The number of aryl methyl sites for hydroxylation is 1. The smallest absolute Gasteiger partial charge is 0.307 e. The van der Waals surface area contributed by atoms with Crippen molar-refractivity contribution in [1.82, 2.24) is 10.3 Å². The molecule has 0 radical (unpaired) electrons. The van der Waals surface area contributed by atoms with E-state index in [0.29, 0.717) is 18.1 Å². The maximum Gasteiger partial charge on any atom is 0.307 e. The second-order valence-electron chi connectivity index (χ2n) is 4.66. The maximum absolute atomic E-state index is 11.6. The number of amides is 1. The first-order valence-electron chi connectivity index (χ1n) is 7.02. The molecule has 1 aromatic heterocycles. The van der Waals surface area contributed by atoms with E-state index in [1.807, 2.05) is 30.3 Å². The zero-order valence-electron chi connectivity index (χ0n) is 12.4. The molecule has 0 atom stereocenters. The number of rotatable bonds is 7. The van der Waals surface area contributed by atoms with Crippen LogP contribution >= 0.6 is 0 Å². The molecule has 116 valence electrons. The van der Waals surface area contributed by atoms with Gasteiger partial charge in [0, 0.05) is 24.9 Å². The van der Waals surface area contributed by atoms with Crippen molar-refractivity contribution in [3.63, 3.8) is 0 Å². The van der Waals surface area contributed by atoms with Crippen molar-refractivity contribution in [1.29, 1.82) is 0 Å². The Labute approximate surface area is 128 Å². The van der Waals surface area contributed by atoms with Crippen molar-refractivity contribution in [2.75, 3.05) is 13.7 Å². The fourth-order valence-corrected chi connectivity index (χ4v) is 1.88. The first kappa shape index (κ1) is 15.8. The summed E-state index contributed by atoms with van der Waals surface area (Å²) in [5.74, 6) is 0.701. The number of carbonyl (C=O) groups excluding carboxylic acids is 2. The Morgan fingerprint density at radius 2 is 2.00 bits per heavy atom. The number of aromatic nitrogens is 1. The highest BCUT2D eigenvalue weighted by atomic mass is 16.5. The molecule has 2 rings (SSSR count). The molecular weight excluding hydrogens is 284 g/mol. The third-order valence-corrected chi connectivity index (χ3v) is 3.06. The number of oxazole rings is 1. The van der Waals surface area contributed by atoms with E-state index in [-0.39, 0.29) is 31.3 Å². The first-order valence-corrected chi connectivity index (χ1v) is 7.02. The van der Waals surface area contributed by atoms with Gasteiger partial charge in [-0.05, 0) is 0 Å². The molecule has 0 spiro atoms. The molecule has 0 aliphatic heterocycles. The van der Waals surface area contributed by atoms with E-state index in [2.05, 4.69) is 15.0 Å². The van der Waals surface area contributed by atoms with Crippen LogP contribution in [0.3, 0.4) is 0 Å². The van der Waals surface area contributed by atoms with Gasteiger partial charge in [-0.3, -0.25) is 9.59 Å². The Kier molecular flexibility index (Phi) is 5.71. The summed E-state index contributed by atoms with van der Waals surface area (Å²) in [4.78, 5) is 26.7. The average molecular weight is 302 g/mol. The Balaban J connectivity index is 1.77. The van der Waals surface area contributed by atoms with Gasteiger partial charge in [0.15, 0.2) is 11.7 Å². The number of nitrogens with zero attached hydrogens (tertiary/aromatic N) is 1. The molecule has 0 bridgehead atoms. The van der Waals surface area contributed by atoms with Crippen molar-refractivity contribution < 1.29 is 18.7 Å². The lowest BCUT2D eigenvalue weighted by Crippen LogP contribution is -2.26. The maximum atomic E-state index is 11.6. The number of hydrogen-bond donors (Lipinski definition) is 1. The van der Waals surface area contributed by atoms with Gasteiger partial charge in [-0.2, -0.15) is 0 Å². The second-order valence-corrected chi connectivity index (χ2v) is 4.66. The molecule has 1 amide bonds. The lowest BCUT2D eigenvalue weighted by molar-refractivity contribution is -0.140. The van der Waals surface area contributed by atoms with E-state index in [1.54, 1.807) is 6.20 Å². The fourth-order valence-electron chi connectivity index (χ4n) is 1.88. The van der Waals surface area contributed by atoms with Gasteiger partial charge in [-0.15, -0.1) is 0 Å². The summed E-state index contributed by atoms with van der Waals surface area (Å²) >= 11 is 0. The van der Waals surface area contributed by atoms with Crippen LogP contribution in [0.2, 0.25) is 0 Å². The minimum atomic E-state index is -0.347. The van der Waals surface area contributed by atoms with Crippen LogP contribution in [0.15, 0.2) is 40.9 Å². The number of methoxy groups -OCH3 is 1. The quantitative estimate of drug-likeness (QED) is 0.791. The first-order chi connectivity index (χ1) is 10.7. The molecule has 22 heavy (non-hydrogen) atoms. The molecule has 6 heteroatoms. The second kappa shape index (κ2) is 7.97. The molecule has 1 aromatic carbocycles. The van der Waals surface area contributed by atoms with Crippen molar-refractivity contribution in [3.05, 3.63) is 42.4 Å². The minimum absolute atomic E-state index is 0.150. The summed E-state index contributed by atoms with van der Waals surface area (Å²) < 4.78 is 10.1. The van der Waals surface area contributed by atoms with Crippen LogP contribution in [0.4, 0.5) is 0 Å².